The highest BCUT2D eigenvalue weighted by Crippen LogP contribution is 2.28. The molecule has 1 aromatic heterocycles. The van der Waals surface area contributed by atoms with Crippen LogP contribution in [0.1, 0.15) is 22.5 Å². The molecule has 7 N–H and O–H groups in total. The lowest BCUT2D eigenvalue weighted by Gasteiger charge is -2.18. The molecule has 2 rings (SSSR count). The zero-order valence-corrected chi connectivity index (χ0v) is 14.1. The summed E-state index contributed by atoms with van der Waals surface area (Å²) < 4.78 is 0.561. The van der Waals surface area contributed by atoms with Crippen molar-refractivity contribution >= 4 is 46.8 Å². The number of anilines is 1. The van der Waals surface area contributed by atoms with E-state index >= 15 is 0 Å². The summed E-state index contributed by atoms with van der Waals surface area (Å²) in [5.74, 6) is -1.22. The number of nitrogens with one attached hydrogen (secondary N) is 2. The van der Waals surface area contributed by atoms with Crippen LogP contribution in [0.3, 0.4) is 0 Å². The summed E-state index contributed by atoms with van der Waals surface area (Å²) in [4.78, 5) is 35.6. The summed E-state index contributed by atoms with van der Waals surface area (Å²) in [6.45, 7) is 1.80. The standard InChI is InChI=1S/C6H7N3O3S2.C6H12N2O/c1-13-6-9-3(8-5(7)12)2(14-6)4(10)11;7-6(9)5-2-1-3-8-4-5/h1H3,(H,10,11)(H3,7,8,12);5,8H,1-4H2,(H2,7,9)/t;5-/m.0/s1. The third-order valence-corrected chi connectivity index (χ3v) is 4.95. The summed E-state index contributed by atoms with van der Waals surface area (Å²) in [5.41, 5.74) is 9.95. The highest BCUT2D eigenvalue weighted by atomic mass is 32.2. The number of thiazole rings is 1. The molecular weight excluding hydrogens is 342 g/mol. The molecule has 0 aliphatic carbocycles. The van der Waals surface area contributed by atoms with Crippen LogP contribution in [-0.4, -0.2) is 47.3 Å². The van der Waals surface area contributed by atoms with Gasteiger partial charge in [0.2, 0.25) is 5.91 Å². The minimum atomic E-state index is -1.13. The Morgan fingerprint density at radius 3 is 2.52 bits per heavy atom. The van der Waals surface area contributed by atoms with E-state index in [9.17, 15) is 14.4 Å². The van der Waals surface area contributed by atoms with E-state index in [0.717, 1.165) is 37.3 Å². The quantitative estimate of drug-likeness (QED) is 0.489. The largest absolute Gasteiger partial charge is 0.477 e. The van der Waals surface area contributed by atoms with E-state index < -0.39 is 12.0 Å². The van der Waals surface area contributed by atoms with Crippen LogP contribution in [0.4, 0.5) is 10.6 Å². The van der Waals surface area contributed by atoms with Gasteiger partial charge in [0.15, 0.2) is 15.0 Å². The molecule has 1 aromatic rings. The molecule has 2 heterocycles. The van der Waals surface area contributed by atoms with Crippen molar-refractivity contribution in [2.45, 2.75) is 17.2 Å². The third kappa shape index (κ3) is 6.42. The lowest BCUT2D eigenvalue weighted by atomic mass is 9.99. The average Bonchev–Trinajstić information content (AvgIpc) is 2.91. The summed E-state index contributed by atoms with van der Waals surface area (Å²) in [7, 11) is 0. The lowest BCUT2D eigenvalue weighted by molar-refractivity contribution is -0.122. The highest BCUT2D eigenvalue weighted by molar-refractivity contribution is 8.00. The molecule has 0 saturated carbocycles. The van der Waals surface area contributed by atoms with E-state index in [-0.39, 0.29) is 22.5 Å². The molecule has 0 unspecified atom stereocenters. The smallest absolute Gasteiger partial charge is 0.349 e. The summed E-state index contributed by atoms with van der Waals surface area (Å²) >= 11 is 2.29. The second-order valence-electron chi connectivity index (χ2n) is 4.60. The van der Waals surface area contributed by atoms with Crippen molar-refractivity contribution in [3.05, 3.63) is 4.88 Å². The number of rotatable bonds is 4. The van der Waals surface area contributed by atoms with E-state index in [1.807, 2.05) is 0 Å². The second-order valence-corrected chi connectivity index (χ2v) is 6.65. The molecule has 1 saturated heterocycles. The van der Waals surface area contributed by atoms with Gasteiger partial charge in [-0.25, -0.2) is 14.6 Å². The Morgan fingerprint density at radius 1 is 1.43 bits per heavy atom. The van der Waals surface area contributed by atoms with Crippen molar-refractivity contribution in [2.75, 3.05) is 24.7 Å². The van der Waals surface area contributed by atoms with Crippen molar-refractivity contribution in [3.63, 3.8) is 0 Å². The van der Waals surface area contributed by atoms with Gasteiger partial charge in [-0.15, -0.1) is 0 Å². The molecule has 9 nitrogen and oxygen atoms in total. The Bertz CT molecular complexity index is 572. The van der Waals surface area contributed by atoms with E-state index in [0.29, 0.717) is 4.34 Å². The number of piperidine rings is 1. The molecule has 1 aliphatic heterocycles. The van der Waals surface area contributed by atoms with Gasteiger partial charge in [-0.2, -0.15) is 0 Å². The van der Waals surface area contributed by atoms with Crippen LogP contribution in [0, 0.1) is 5.92 Å². The summed E-state index contributed by atoms with van der Waals surface area (Å²) in [5, 5.41) is 14.0. The number of carboxylic acids is 1. The number of aromatic nitrogens is 1. The third-order valence-electron chi connectivity index (χ3n) is 2.92. The number of amides is 3. The molecule has 1 atom stereocenters. The Labute approximate surface area is 141 Å². The van der Waals surface area contributed by atoms with Gasteiger partial charge in [0.1, 0.15) is 0 Å². The number of carbonyl (C=O) groups excluding carboxylic acids is 2. The normalized spacial score (nSPS) is 16.8. The molecule has 1 fully saturated rings. The Balaban J connectivity index is 0.000000253. The topological polar surface area (TPSA) is 160 Å². The number of aromatic carboxylic acids is 1. The number of primary amides is 2. The SMILES string of the molecule is CSc1nc(NC(N)=O)c(C(=O)O)s1.NC(=O)[C@H]1CCCNC1. The lowest BCUT2D eigenvalue weighted by Crippen LogP contribution is -2.37. The molecular formula is C12H19N5O4S2. The van der Waals surface area contributed by atoms with E-state index in [1.54, 1.807) is 6.26 Å². The Hall–Kier alpha value is -1.85. The van der Waals surface area contributed by atoms with Gasteiger partial charge >= 0.3 is 12.0 Å². The number of nitrogens with zero attached hydrogens (tertiary/aromatic N) is 1. The zero-order chi connectivity index (χ0) is 17.4. The summed E-state index contributed by atoms with van der Waals surface area (Å²) in [6, 6.07) is -0.828. The van der Waals surface area contributed by atoms with Crippen molar-refractivity contribution in [1.29, 1.82) is 0 Å². The van der Waals surface area contributed by atoms with Gasteiger partial charge < -0.3 is 21.9 Å². The highest BCUT2D eigenvalue weighted by Gasteiger charge is 2.18. The molecule has 0 radical (unpaired) electrons. The maximum absolute atomic E-state index is 10.7. The van der Waals surface area contributed by atoms with Gasteiger partial charge in [-0.05, 0) is 25.6 Å². The number of hydrogen-bond acceptors (Lipinski definition) is 7. The number of nitrogens with two attached hydrogens (primary N) is 2. The number of carboxylic acid groups (broad SMARTS) is 1. The van der Waals surface area contributed by atoms with Gasteiger partial charge in [0, 0.05) is 6.54 Å². The molecule has 128 valence electrons. The van der Waals surface area contributed by atoms with Crippen molar-refractivity contribution in [2.24, 2.45) is 17.4 Å². The fourth-order valence-electron chi connectivity index (χ4n) is 1.83. The van der Waals surface area contributed by atoms with Crippen LogP contribution in [0.5, 0.6) is 0 Å². The molecule has 11 heteroatoms. The van der Waals surface area contributed by atoms with Crippen molar-refractivity contribution in [3.8, 4) is 0 Å². The molecule has 1 aliphatic rings. The number of hydrogen-bond donors (Lipinski definition) is 5. The minimum absolute atomic E-state index is 0.000602. The minimum Gasteiger partial charge on any atom is -0.477 e. The number of urea groups is 1. The van der Waals surface area contributed by atoms with E-state index in [1.165, 1.54) is 11.8 Å². The predicted octanol–water partition coefficient (Wildman–Crippen LogP) is 0.525. The Kier molecular flexibility index (Phi) is 7.78. The number of thioether (sulfide) groups is 1. The second kappa shape index (κ2) is 9.33. The first kappa shape index (κ1) is 19.2. The van der Waals surface area contributed by atoms with E-state index in [4.69, 9.17) is 16.6 Å². The first-order valence-corrected chi connectivity index (χ1v) is 8.73. The van der Waals surface area contributed by atoms with Crippen LogP contribution in [0.25, 0.3) is 0 Å². The van der Waals surface area contributed by atoms with Crippen LogP contribution < -0.4 is 22.1 Å². The van der Waals surface area contributed by atoms with Crippen LogP contribution in [0.15, 0.2) is 4.34 Å². The van der Waals surface area contributed by atoms with Crippen molar-refractivity contribution in [1.82, 2.24) is 10.3 Å². The first-order chi connectivity index (χ1) is 10.8. The van der Waals surface area contributed by atoms with Gasteiger partial charge in [-0.3, -0.25) is 10.1 Å². The maximum atomic E-state index is 10.7. The van der Waals surface area contributed by atoms with Gasteiger partial charge in [-0.1, -0.05) is 23.1 Å². The average molecular weight is 361 g/mol. The predicted molar refractivity (Wildman–Crippen MR) is 88.8 cm³/mol. The molecule has 3 amide bonds. The van der Waals surface area contributed by atoms with Crippen LogP contribution >= 0.6 is 23.1 Å². The van der Waals surface area contributed by atoms with Gasteiger partial charge in [0.25, 0.3) is 0 Å². The monoisotopic (exact) mass is 361 g/mol. The van der Waals surface area contributed by atoms with Gasteiger partial charge in [0.05, 0.1) is 5.92 Å². The van der Waals surface area contributed by atoms with Crippen molar-refractivity contribution < 1.29 is 19.5 Å². The summed E-state index contributed by atoms with van der Waals surface area (Å²) in [6.07, 6.45) is 3.80. The van der Waals surface area contributed by atoms with Crippen LogP contribution in [0.2, 0.25) is 0 Å². The zero-order valence-electron chi connectivity index (χ0n) is 12.5. The molecule has 0 bridgehead atoms. The molecule has 0 aromatic carbocycles. The fourth-order valence-corrected chi connectivity index (χ4v) is 3.19. The fraction of sp³-hybridized carbons (Fsp3) is 0.500. The maximum Gasteiger partial charge on any atom is 0.349 e. The Morgan fingerprint density at radius 2 is 2.13 bits per heavy atom. The number of carbonyl (C=O) groups is 3. The molecule has 23 heavy (non-hydrogen) atoms. The van der Waals surface area contributed by atoms with E-state index in [2.05, 4.69) is 15.6 Å². The molecule has 0 spiro atoms. The first-order valence-electron chi connectivity index (χ1n) is 6.69. The van der Waals surface area contributed by atoms with Crippen LogP contribution in [-0.2, 0) is 4.79 Å².